The van der Waals surface area contributed by atoms with Crippen molar-refractivity contribution in [1.29, 1.82) is 0 Å². The molecule has 10 heavy (non-hydrogen) atoms. The summed E-state index contributed by atoms with van der Waals surface area (Å²) >= 11 is 0. The highest BCUT2D eigenvalue weighted by atomic mass is 19.3. The first-order valence-electron chi connectivity index (χ1n) is 2.34. The van der Waals surface area contributed by atoms with Crippen LogP contribution in [0, 0.1) is 0 Å². The predicted octanol–water partition coefficient (Wildman–Crippen LogP) is 1.95. The average Bonchev–Trinajstić information content (AvgIpc) is 2.16. The Kier molecular flexibility index (Phi) is 1.23. The van der Waals surface area contributed by atoms with Gasteiger partial charge in [0.25, 0.3) is 12.1 Å². The van der Waals surface area contributed by atoms with Crippen LogP contribution in [-0.2, 0) is 0 Å². The van der Waals surface area contributed by atoms with Crippen molar-refractivity contribution in [3.05, 3.63) is 0 Å². The minimum Gasteiger partial charge on any atom is -0.237 e. The van der Waals surface area contributed by atoms with Crippen LogP contribution >= 0.6 is 0 Å². The van der Waals surface area contributed by atoms with E-state index in [9.17, 15) is 26.3 Å². The van der Waals surface area contributed by atoms with Gasteiger partial charge in [-0.15, -0.1) is 0 Å². The second-order valence-electron chi connectivity index (χ2n) is 2.05. The van der Waals surface area contributed by atoms with Crippen molar-refractivity contribution in [3.8, 4) is 0 Å². The molecule has 0 amide bonds. The van der Waals surface area contributed by atoms with Gasteiger partial charge in [-0.1, -0.05) is 0 Å². The van der Waals surface area contributed by atoms with E-state index < -0.39 is 24.2 Å². The molecule has 6 heteroatoms. The molecular formula is C4H2F6. The van der Waals surface area contributed by atoms with Crippen LogP contribution in [0.25, 0.3) is 0 Å². The minimum absolute atomic E-state index is 3.35. The Morgan fingerprint density at radius 2 is 1.40 bits per heavy atom. The predicted molar refractivity (Wildman–Crippen MR) is 19.7 cm³/mol. The molecule has 0 nitrogen and oxygen atoms in total. The van der Waals surface area contributed by atoms with Crippen molar-refractivity contribution in [2.45, 2.75) is 24.2 Å². The van der Waals surface area contributed by atoms with E-state index in [4.69, 9.17) is 0 Å². The minimum atomic E-state index is -4.50. The van der Waals surface area contributed by atoms with Gasteiger partial charge in [0, 0.05) is 0 Å². The van der Waals surface area contributed by atoms with Gasteiger partial charge >= 0.3 is 5.92 Å². The fourth-order valence-corrected chi connectivity index (χ4v) is 0.609. The smallest absolute Gasteiger partial charge is 0.237 e. The van der Waals surface area contributed by atoms with E-state index in [1.165, 1.54) is 0 Å². The number of halogens is 6. The van der Waals surface area contributed by atoms with E-state index in [1.807, 2.05) is 0 Å². The van der Waals surface area contributed by atoms with Gasteiger partial charge in [-0.25, -0.2) is 17.6 Å². The third kappa shape index (κ3) is 0.543. The normalized spacial score (nSPS) is 44.1. The van der Waals surface area contributed by atoms with Crippen molar-refractivity contribution >= 4 is 0 Å². The monoisotopic (exact) mass is 164 g/mol. The van der Waals surface area contributed by atoms with E-state index in [-0.39, 0.29) is 0 Å². The van der Waals surface area contributed by atoms with Gasteiger partial charge in [0.2, 0.25) is 6.17 Å². The molecule has 60 valence electrons. The van der Waals surface area contributed by atoms with Gasteiger partial charge in [0.05, 0.1) is 0 Å². The highest BCUT2D eigenvalue weighted by molar-refractivity contribution is 5.24. The Morgan fingerprint density at radius 3 is 1.40 bits per heavy atom. The molecule has 0 aromatic carbocycles. The highest BCUT2D eigenvalue weighted by Gasteiger charge is 2.89. The van der Waals surface area contributed by atoms with E-state index in [2.05, 4.69) is 0 Å². The third-order valence-corrected chi connectivity index (χ3v) is 1.43. The summed E-state index contributed by atoms with van der Waals surface area (Å²) in [5.74, 6) is -4.50. The molecule has 0 aromatic rings. The van der Waals surface area contributed by atoms with E-state index in [1.54, 1.807) is 0 Å². The second-order valence-corrected chi connectivity index (χ2v) is 2.05. The van der Waals surface area contributed by atoms with Gasteiger partial charge in [-0.2, -0.15) is 8.78 Å². The number of hydrogen-bond acceptors (Lipinski definition) is 0. The zero-order valence-electron chi connectivity index (χ0n) is 4.42. The maximum Gasteiger partial charge on any atom is 0.324 e. The summed E-state index contributed by atoms with van der Waals surface area (Å²) in [5, 5.41) is 0. The average molecular weight is 164 g/mol. The maximum absolute atomic E-state index is 11.9. The summed E-state index contributed by atoms with van der Waals surface area (Å²) in [6, 6.07) is 0. The molecule has 0 aliphatic heterocycles. The lowest BCUT2D eigenvalue weighted by atomic mass is 10.4. The van der Waals surface area contributed by atoms with Crippen LogP contribution in [0.4, 0.5) is 26.3 Å². The Balaban J connectivity index is 2.78. The summed E-state index contributed by atoms with van der Waals surface area (Å²) < 4.78 is 69.2. The van der Waals surface area contributed by atoms with Gasteiger partial charge < -0.3 is 0 Å². The quantitative estimate of drug-likeness (QED) is 0.519. The van der Waals surface area contributed by atoms with Crippen molar-refractivity contribution < 1.29 is 26.3 Å². The molecule has 1 saturated carbocycles. The molecule has 0 unspecified atom stereocenters. The van der Waals surface area contributed by atoms with Gasteiger partial charge in [-0.05, 0) is 0 Å². The molecule has 0 spiro atoms. The summed E-state index contributed by atoms with van der Waals surface area (Å²) in [7, 11) is 0. The molecule has 0 bridgehead atoms. The first kappa shape index (κ1) is 7.68. The molecule has 2 atom stereocenters. The van der Waals surface area contributed by atoms with Gasteiger partial charge in [0.15, 0.2) is 0 Å². The first-order chi connectivity index (χ1) is 4.35. The fourth-order valence-electron chi connectivity index (χ4n) is 0.609. The molecule has 1 fully saturated rings. The Hall–Kier alpha value is -0.420. The summed E-state index contributed by atoms with van der Waals surface area (Å²) in [6.07, 6.45) is -7.31. The number of hydrogen-bond donors (Lipinski definition) is 0. The number of alkyl halides is 6. The molecule has 1 aliphatic carbocycles. The van der Waals surface area contributed by atoms with Crippen molar-refractivity contribution in [2.75, 3.05) is 0 Å². The van der Waals surface area contributed by atoms with Gasteiger partial charge in [0.1, 0.15) is 0 Å². The molecule has 0 N–H and O–H groups in total. The zero-order chi connectivity index (χ0) is 8.15. The molecule has 0 radical (unpaired) electrons. The summed E-state index contributed by atoms with van der Waals surface area (Å²) in [5.41, 5.74) is -4.23. The van der Waals surface area contributed by atoms with Crippen LogP contribution in [0.1, 0.15) is 0 Å². The standard InChI is InChI=1S/C4H2F6/c5-1-3(8,2(6)7)4(1,9)10/h1-2H/t1-,3-/m1/s1. The lowest BCUT2D eigenvalue weighted by Crippen LogP contribution is -2.22. The molecular weight excluding hydrogens is 162 g/mol. The fraction of sp³-hybridized carbons (Fsp3) is 1.00. The lowest BCUT2D eigenvalue weighted by Gasteiger charge is -2.00. The van der Waals surface area contributed by atoms with Crippen LogP contribution in [0.2, 0.25) is 0 Å². The molecule has 0 heterocycles. The topological polar surface area (TPSA) is 0 Å². The first-order valence-corrected chi connectivity index (χ1v) is 2.34. The molecule has 1 rings (SSSR count). The van der Waals surface area contributed by atoms with Crippen LogP contribution < -0.4 is 0 Å². The largest absolute Gasteiger partial charge is 0.324 e. The van der Waals surface area contributed by atoms with Gasteiger partial charge in [-0.3, -0.25) is 0 Å². The van der Waals surface area contributed by atoms with Crippen LogP contribution in [0.3, 0.4) is 0 Å². The van der Waals surface area contributed by atoms with Crippen LogP contribution in [-0.4, -0.2) is 24.2 Å². The maximum atomic E-state index is 11.9. The van der Waals surface area contributed by atoms with Crippen LogP contribution in [0.5, 0.6) is 0 Å². The summed E-state index contributed by atoms with van der Waals surface area (Å²) in [4.78, 5) is 0. The Bertz CT molecular complexity index is 154. The zero-order valence-corrected chi connectivity index (χ0v) is 4.42. The summed E-state index contributed by atoms with van der Waals surface area (Å²) in [6.45, 7) is 0. The van der Waals surface area contributed by atoms with E-state index in [0.29, 0.717) is 0 Å². The molecule has 0 saturated heterocycles. The van der Waals surface area contributed by atoms with Crippen molar-refractivity contribution in [3.63, 3.8) is 0 Å². The van der Waals surface area contributed by atoms with Crippen molar-refractivity contribution in [1.82, 2.24) is 0 Å². The highest BCUT2D eigenvalue weighted by Crippen LogP contribution is 2.60. The van der Waals surface area contributed by atoms with Crippen LogP contribution in [0.15, 0.2) is 0 Å². The SMILES string of the molecule is FC(F)[C@]1(F)[C@@H](F)C1(F)F. The third-order valence-electron chi connectivity index (χ3n) is 1.43. The van der Waals surface area contributed by atoms with E-state index in [0.717, 1.165) is 0 Å². The van der Waals surface area contributed by atoms with Crippen molar-refractivity contribution in [2.24, 2.45) is 0 Å². The van der Waals surface area contributed by atoms with E-state index >= 15 is 0 Å². The molecule has 1 aliphatic rings. The lowest BCUT2D eigenvalue weighted by molar-refractivity contribution is -0.0459. The Morgan fingerprint density at radius 1 is 1.10 bits per heavy atom. The molecule has 0 aromatic heterocycles. The second kappa shape index (κ2) is 1.60. The number of rotatable bonds is 1. The Labute approximate surface area is 51.8 Å².